The van der Waals surface area contributed by atoms with Gasteiger partial charge in [0.05, 0.1) is 11.3 Å². The second kappa shape index (κ2) is 6.88. The fourth-order valence-electron chi connectivity index (χ4n) is 4.18. The number of nitrogens with zero attached hydrogens (tertiary/aromatic N) is 2. The fraction of sp³-hybridized carbons (Fsp3) is 0.938. The average molecular weight is 312 g/mol. The third-order valence-corrected chi connectivity index (χ3v) is 6.58. The normalized spacial score (nSPS) is 36.1. The first-order valence-corrected chi connectivity index (χ1v) is 9.58. The molecule has 0 amide bonds. The molecule has 5 heteroatoms. The van der Waals surface area contributed by atoms with Crippen molar-refractivity contribution in [1.29, 1.82) is 0 Å². The van der Waals surface area contributed by atoms with Crippen molar-refractivity contribution in [3.63, 3.8) is 0 Å². The average Bonchev–Trinajstić information content (AvgIpc) is 2.55. The van der Waals surface area contributed by atoms with Gasteiger partial charge in [-0.05, 0) is 43.6 Å². The Morgan fingerprint density at radius 2 is 2.24 bits per heavy atom. The van der Waals surface area contributed by atoms with Crippen LogP contribution >= 0.6 is 11.8 Å². The Morgan fingerprint density at radius 3 is 2.95 bits per heavy atom. The minimum atomic E-state index is 0.168. The third kappa shape index (κ3) is 3.40. The predicted octanol–water partition coefficient (Wildman–Crippen LogP) is 2.99. The Morgan fingerprint density at radius 1 is 1.43 bits per heavy atom. The van der Waals surface area contributed by atoms with Gasteiger partial charge in [-0.15, -0.1) is 0 Å². The predicted molar refractivity (Wildman–Crippen MR) is 87.5 cm³/mol. The van der Waals surface area contributed by atoms with E-state index >= 15 is 0 Å². The Hall–Kier alpha value is -0.260. The first-order valence-electron chi connectivity index (χ1n) is 8.43. The van der Waals surface area contributed by atoms with Crippen LogP contribution in [0.15, 0.2) is 5.16 Å². The highest BCUT2D eigenvalue weighted by Crippen LogP contribution is 2.39. The lowest BCUT2D eigenvalue weighted by Crippen LogP contribution is -2.53. The summed E-state index contributed by atoms with van der Waals surface area (Å²) in [6, 6.07) is 0.663. The zero-order valence-electron chi connectivity index (χ0n) is 13.1. The Balaban J connectivity index is 1.63. The number of likely N-dealkylation sites (tertiary alicyclic amines) is 1. The van der Waals surface area contributed by atoms with E-state index in [-0.39, 0.29) is 5.60 Å². The fourth-order valence-corrected chi connectivity index (χ4v) is 5.41. The first-order chi connectivity index (χ1) is 10.3. The quantitative estimate of drug-likeness (QED) is 0.629. The van der Waals surface area contributed by atoms with Gasteiger partial charge >= 0.3 is 0 Å². The summed E-state index contributed by atoms with van der Waals surface area (Å²) in [6.45, 7) is 5.23. The highest BCUT2D eigenvalue weighted by atomic mass is 32.2. The van der Waals surface area contributed by atoms with Crippen LogP contribution in [0.5, 0.6) is 0 Å². The summed E-state index contributed by atoms with van der Waals surface area (Å²) in [5, 5.41) is 12.7. The number of oxime groups is 1. The smallest absolute Gasteiger partial charge is 0.0713 e. The first kappa shape index (κ1) is 15.6. The van der Waals surface area contributed by atoms with Crippen LogP contribution in [-0.4, -0.2) is 58.7 Å². The molecule has 0 aromatic heterocycles. The third-order valence-electron chi connectivity index (χ3n) is 5.59. The van der Waals surface area contributed by atoms with Gasteiger partial charge < -0.3 is 9.94 Å². The lowest BCUT2D eigenvalue weighted by atomic mass is 9.83. The second-order valence-electron chi connectivity index (χ2n) is 6.73. The van der Waals surface area contributed by atoms with E-state index in [1.54, 1.807) is 0 Å². The van der Waals surface area contributed by atoms with Gasteiger partial charge in [0, 0.05) is 38.1 Å². The molecule has 0 saturated carbocycles. The van der Waals surface area contributed by atoms with Crippen LogP contribution in [0.25, 0.3) is 0 Å². The van der Waals surface area contributed by atoms with Gasteiger partial charge in [-0.2, -0.15) is 11.8 Å². The van der Waals surface area contributed by atoms with Crippen molar-refractivity contribution in [2.45, 2.75) is 57.1 Å². The highest BCUT2D eigenvalue weighted by Gasteiger charge is 2.41. The van der Waals surface area contributed by atoms with Crippen LogP contribution in [-0.2, 0) is 4.74 Å². The second-order valence-corrected chi connectivity index (χ2v) is 7.96. The van der Waals surface area contributed by atoms with E-state index in [1.165, 1.54) is 30.8 Å². The number of ether oxygens (including phenoxy) is 1. The van der Waals surface area contributed by atoms with E-state index in [2.05, 4.69) is 28.7 Å². The molecule has 3 rings (SSSR count). The van der Waals surface area contributed by atoms with E-state index in [1.807, 2.05) is 0 Å². The Labute approximate surface area is 132 Å². The molecule has 3 aliphatic heterocycles. The molecular formula is C16H28N2O2S. The van der Waals surface area contributed by atoms with Crippen molar-refractivity contribution in [2.24, 2.45) is 11.1 Å². The molecule has 0 aromatic rings. The standard InChI is InChI=1S/C16H28N2O2S/c1-2-13-12-18(7-3-15(13)17-19)14-4-8-20-16(11-14)5-9-21-10-6-16/h13-14,19H,2-12H2,1H3. The van der Waals surface area contributed by atoms with Crippen LogP contribution in [0, 0.1) is 5.92 Å². The number of hydrogen-bond donors (Lipinski definition) is 1. The SMILES string of the molecule is CCC1CN(C2CCOC3(CCSCC3)C2)CCC1=NO. The number of hydrogen-bond acceptors (Lipinski definition) is 5. The molecule has 0 aromatic carbocycles. The van der Waals surface area contributed by atoms with Crippen molar-refractivity contribution in [1.82, 2.24) is 4.90 Å². The van der Waals surface area contributed by atoms with Gasteiger partial charge in [0.15, 0.2) is 0 Å². The summed E-state index contributed by atoms with van der Waals surface area (Å²) >= 11 is 2.07. The molecule has 0 bridgehead atoms. The van der Waals surface area contributed by atoms with Gasteiger partial charge in [0.1, 0.15) is 0 Å². The maximum atomic E-state index is 9.13. The molecule has 3 heterocycles. The molecule has 4 nitrogen and oxygen atoms in total. The van der Waals surface area contributed by atoms with E-state index in [9.17, 15) is 0 Å². The van der Waals surface area contributed by atoms with Crippen LogP contribution in [0.1, 0.15) is 45.4 Å². The number of rotatable bonds is 2. The van der Waals surface area contributed by atoms with E-state index < -0.39 is 0 Å². The maximum Gasteiger partial charge on any atom is 0.0713 e. The van der Waals surface area contributed by atoms with E-state index in [4.69, 9.17) is 9.94 Å². The van der Waals surface area contributed by atoms with Crippen LogP contribution < -0.4 is 0 Å². The van der Waals surface area contributed by atoms with Gasteiger partial charge in [-0.1, -0.05) is 12.1 Å². The minimum absolute atomic E-state index is 0.168. The summed E-state index contributed by atoms with van der Waals surface area (Å²) < 4.78 is 6.22. The molecule has 21 heavy (non-hydrogen) atoms. The molecule has 3 fully saturated rings. The maximum absolute atomic E-state index is 9.13. The van der Waals surface area contributed by atoms with Crippen molar-refractivity contribution >= 4 is 17.5 Å². The summed E-state index contributed by atoms with van der Waals surface area (Å²) in [5.41, 5.74) is 1.17. The minimum Gasteiger partial charge on any atom is -0.411 e. The van der Waals surface area contributed by atoms with Crippen molar-refractivity contribution < 1.29 is 9.94 Å². The zero-order valence-corrected chi connectivity index (χ0v) is 13.9. The monoisotopic (exact) mass is 312 g/mol. The van der Waals surface area contributed by atoms with Crippen LogP contribution in [0.2, 0.25) is 0 Å². The lowest BCUT2D eigenvalue weighted by Gasteiger charge is -2.48. The van der Waals surface area contributed by atoms with Gasteiger partial charge in [0.2, 0.25) is 0 Å². The summed E-state index contributed by atoms with van der Waals surface area (Å²) in [5.74, 6) is 2.95. The number of piperidine rings is 1. The van der Waals surface area contributed by atoms with Crippen LogP contribution in [0.4, 0.5) is 0 Å². The lowest BCUT2D eigenvalue weighted by molar-refractivity contribution is -0.111. The molecule has 1 spiro atoms. The Kier molecular flexibility index (Phi) is 5.12. The zero-order chi connectivity index (χ0) is 14.7. The summed E-state index contributed by atoms with van der Waals surface area (Å²) in [4.78, 5) is 2.65. The number of thioether (sulfide) groups is 1. The molecule has 2 unspecified atom stereocenters. The molecule has 120 valence electrons. The van der Waals surface area contributed by atoms with E-state index in [0.29, 0.717) is 12.0 Å². The molecule has 0 aliphatic carbocycles. The Bertz CT molecular complexity index is 377. The summed E-state index contributed by atoms with van der Waals surface area (Å²) in [6.07, 6.45) is 6.81. The van der Waals surface area contributed by atoms with Crippen molar-refractivity contribution in [3.05, 3.63) is 0 Å². The molecule has 3 aliphatic rings. The van der Waals surface area contributed by atoms with Gasteiger partial charge in [-0.25, -0.2) is 0 Å². The highest BCUT2D eigenvalue weighted by molar-refractivity contribution is 7.99. The largest absolute Gasteiger partial charge is 0.411 e. The molecule has 3 saturated heterocycles. The summed E-state index contributed by atoms with van der Waals surface area (Å²) in [7, 11) is 0. The molecule has 0 radical (unpaired) electrons. The van der Waals surface area contributed by atoms with Crippen molar-refractivity contribution in [3.8, 4) is 0 Å². The van der Waals surface area contributed by atoms with Crippen molar-refractivity contribution in [2.75, 3.05) is 31.2 Å². The molecular weight excluding hydrogens is 284 g/mol. The topological polar surface area (TPSA) is 45.1 Å². The van der Waals surface area contributed by atoms with E-state index in [0.717, 1.165) is 44.7 Å². The van der Waals surface area contributed by atoms with Gasteiger partial charge in [-0.3, -0.25) is 4.90 Å². The van der Waals surface area contributed by atoms with Crippen LogP contribution in [0.3, 0.4) is 0 Å². The van der Waals surface area contributed by atoms with Gasteiger partial charge in [0.25, 0.3) is 0 Å². The molecule has 1 N–H and O–H groups in total. The molecule has 2 atom stereocenters.